The summed E-state index contributed by atoms with van der Waals surface area (Å²) < 4.78 is 15.7. The number of furan rings is 1. The molecule has 0 saturated heterocycles. The number of benzene rings is 1. The van der Waals surface area contributed by atoms with E-state index < -0.39 is 11.9 Å². The van der Waals surface area contributed by atoms with Gasteiger partial charge in [-0.2, -0.15) is 0 Å². The van der Waals surface area contributed by atoms with Crippen LogP contribution in [0.1, 0.15) is 40.5 Å². The van der Waals surface area contributed by atoms with Crippen molar-refractivity contribution in [2.75, 3.05) is 13.7 Å². The van der Waals surface area contributed by atoms with Gasteiger partial charge >= 0.3 is 5.97 Å². The van der Waals surface area contributed by atoms with Crippen molar-refractivity contribution in [1.82, 2.24) is 10.6 Å². The summed E-state index contributed by atoms with van der Waals surface area (Å²) in [6.07, 6.45) is 0. The maximum atomic E-state index is 12.3. The van der Waals surface area contributed by atoms with E-state index in [1.807, 2.05) is 13.8 Å². The lowest BCUT2D eigenvalue weighted by atomic mass is 10.2. The summed E-state index contributed by atoms with van der Waals surface area (Å²) >= 11 is 0. The van der Waals surface area contributed by atoms with Crippen molar-refractivity contribution in [3.63, 3.8) is 0 Å². The molecule has 0 bridgehead atoms. The van der Waals surface area contributed by atoms with Gasteiger partial charge in [-0.25, -0.2) is 4.79 Å². The Balaban J connectivity index is 1.98. The Bertz CT molecular complexity index is 858. The Morgan fingerprint density at radius 1 is 1.14 bits per heavy atom. The molecule has 3 N–H and O–H groups in total. The molecule has 0 fully saturated rings. The minimum atomic E-state index is -1.18. The monoisotopic (exact) mass is 390 g/mol. The molecular formula is C19H22N2O7. The molecule has 0 aliphatic heterocycles. The summed E-state index contributed by atoms with van der Waals surface area (Å²) in [6.45, 7) is 3.54. The Kier molecular flexibility index (Phi) is 7.02. The van der Waals surface area contributed by atoms with Gasteiger partial charge in [0.1, 0.15) is 5.76 Å². The van der Waals surface area contributed by atoms with E-state index in [1.165, 1.54) is 37.4 Å². The maximum Gasteiger partial charge on any atom is 0.371 e. The van der Waals surface area contributed by atoms with E-state index in [9.17, 15) is 14.4 Å². The van der Waals surface area contributed by atoms with Gasteiger partial charge in [0.25, 0.3) is 11.8 Å². The van der Waals surface area contributed by atoms with Crippen molar-refractivity contribution in [2.45, 2.75) is 26.4 Å². The number of hydrogen-bond acceptors (Lipinski definition) is 6. The molecule has 0 spiro atoms. The zero-order valence-electron chi connectivity index (χ0n) is 15.8. The quantitative estimate of drug-likeness (QED) is 0.596. The van der Waals surface area contributed by atoms with Crippen LogP contribution in [0.5, 0.6) is 11.5 Å². The van der Waals surface area contributed by atoms with Crippen LogP contribution >= 0.6 is 0 Å². The fourth-order valence-electron chi connectivity index (χ4n) is 2.29. The first kappa shape index (κ1) is 20.8. The smallest absolute Gasteiger partial charge is 0.371 e. The molecule has 1 aromatic heterocycles. The van der Waals surface area contributed by atoms with Crippen LogP contribution in [0.3, 0.4) is 0 Å². The van der Waals surface area contributed by atoms with Crippen molar-refractivity contribution >= 4 is 17.8 Å². The lowest BCUT2D eigenvalue weighted by Gasteiger charge is -2.13. The number of carbonyl (C=O) groups excluding carboxylic acids is 2. The number of methoxy groups -OCH3 is 1. The highest BCUT2D eigenvalue weighted by atomic mass is 16.5. The van der Waals surface area contributed by atoms with Gasteiger partial charge < -0.3 is 29.6 Å². The number of amides is 2. The SMILES string of the molecule is COc1cc(C(=O)NCc2ccc(C(=O)O)o2)ccc1OCC(=O)NC(C)C. The number of carboxylic acids is 1. The molecule has 0 saturated carbocycles. The molecule has 1 aromatic carbocycles. The molecular weight excluding hydrogens is 368 g/mol. The van der Waals surface area contributed by atoms with Crippen LogP contribution in [-0.2, 0) is 11.3 Å². The van der Waals surface area contributed by atoms with Crippen LogP contribution in [-0.4, -0.2) is 42.6 Å². The van der Waals surface area contributed by atoms with Crippen LogP contribution < -0.4 is 20.1 Å². The first-order valence-electron chi connectivity index (χ1n) is 8.50. The third-order valence-corrected chi connectivity index (χ3v) is 3.53. The van der Waals surface area contributed by atoms with Crippen LogP contribution in [0.4, 0.5) is 0 Å². The minimum absolute atomic E-state index is 0.00445. The van der Waals surface area contributed by atoms with E-state index in [-0.39, 0.29) is 30.9 Å². The normalized spacial score (nSPS) is 10.4. The molecule has 2 rings (SSSR count). The first-order valence-corrected chi connectivity index (χ1v) is 8.50. The molecule has 0 aliphatic carbocycles. The summed E-state index contributed by atoms with van der Waals surface area (Å²) in [5.41, 5.74) is 0.306. The fraction of sp³-hybridized carbons (Fsp3) is 0.316. The molecule has 0 aliphatic rings. The van der Waals surface area contributed by atoms with Crippen molar-refractivity contribution in [2.24, 2.45) is 0 Å². The van der Waals surface area contributed by atoms with Crippen molar-refractivity contribution < 1.29 is 33.4 Å². The van der Waals surface area contributed by atoms with Gasteiger partial charge in [-0.3, -0.25) is 9.59 Å². The van der Waals surface area contributed by atoms with E-state index in [0.29, 0.717) is 22.8 Å². The van der Waals surface area contributed by atoms with Crippen LogP contribution in [0.15, 0.2) is 34.7 Å². The zero-order valence-corrected chi connectivity index (χ0v) is 15.8. The van der Waals surface area contributed by atoms with Crippen molar-refractivity contribution in [3.8, 4) is 11.5 Å². The highest BCUT2D eigenvalue weighted by Gasteiger charge is 2.14. The van der Waals surface area contributed by atoms with Crippen LogP contribution in [0.25, 0.3) is 0 Å². The summed E-state index contributed by atoms with van der Waals surface area (Å²) in [7, 11) is 1.42. The predicted molar refractivity (Wildman–Crippen MR) is 98.6 cm³/mol. The van der Waals surface area contributed by atoms with Crippen LogP contribution in [0, 0.1) is 0 Å². The topological polar surface area (TPSA) is 127 Å². The molecule has 0 atom stereocenters. The van der Waals surface area contributed by atoms with Crippen molar-refractivity contribution in [3.05, 3.63) is 47.4 Å². The molecule has 1 heterocycles. The van der Waals surface area contributed by atoms with Crippen LogP contribution in [0.2, 0.25) is 0 Å². The Labute approximate surface area is 161 Å². The van der Waals surface area contributed by atoms with Gasteiger partial charge in [0.15, 0.2) is 18.1 Å². The lowest BCUT2D eigenvalue weighted by Crippen LogP contribution is -2.34. The predicted octanol–water partition coefficient (Wildman–Crippen LogP) is 1.82. The molecule has 9 nitrogen and oxygen atoms in total. The number of carbonyl (C=O) groups is 3. The van der Waals surface area contributed by atoms with E-state index in [4.69, 9.17) is 19.0 Å². The number of rotatable bonds is 9. The molecule has 0 radical (unpaired) electrons. The minimum Gasteiger partial charge on any atom is -0.493 e. The van der Waals surface area contributed by atoms with E-state index in [2.05, 4.69) is 10.6 Å². The largest absolute Gasteiger partial charge is 0.493 e. The molecule has 28 heavy (non-hydrogen) atoms. The maximum absolute atomic E-state index is 12.3. The van der Waals surface area contributed by atoms with Gasteiger partial charge in [0.05, 0.1) is 13.7 Å². The van der Waals surface area contributed by atoms with Gasteiger partial charge in [-0.05, 0) is 44.2 Å². The van der Waals surface area contributed by atoms with E-state index >= 15 is 0 Å². The average Bonchev–Trinajstić information content (AvgIpc) is 3.13. The standard InChI is InChI=1S/C19H22N2O7/c1-11(2)21-17(22)10-27-14-6-4-12(8-16(14)26-3)18(23)20-9-13-5-7-15(28-13)19(24)25/h4-8,11H,9-10H2,1-3H3,(H,20,23)(H,21,22)(H,24,25). The second-order valence-corrected chi connectivity index (χ2v) is 6.13. The lowest BCUT2D eigenvalue weighted by molar-refractivity contribution is -0.123. The highest BCUT2D eigenvalue weighted by molar-refractivity contribution is 5.94. The summed E-state index contributed by atoms with van der Waals surface area (Å²) in [4.78, 5) is 34.8. The van der Waals surface area contributed by atoms with E-state index in [0.717, 1.165) is 0 Å². The van der Waals surface area contributed by atoms with Crippen molar-refractivity contribution in [1.29, 1.82) is 0 Å². The number of carboxylic acid groups (broad SMARTS) is 1. The molecule has 150 valence electrons. The number of ether oxygens (including phenoxy) is 2. The first-order chi connectivity index (χ1) is 13.3. The number of aromatic carboxylic acids is 1. The number of hydrogen-bond donors (Lipinski definition) is 3. The van der Waals surface area contributed by atoms with Gasteiger partial charge in [0, 0.05) is 11.6 Å². The third kappa shape index (κ3) is 5.76. The summed E-state index contributed by atoms with van der Waals surface area (Å²) in [6, 6.07) is 7.34. The van der Waals surface area contributed by atoms with E-state index in [1.54, 1.807) is 0 Å². The second-order valence-electron chi connectivity index (χ2n) is 6.13. The molecule has 2 amide bonds. The third-order valence-electron chi connectivity index (χ3n) is 3.53. The summed E-state index contributed by atoms with van der Waals surface area (Å²) in [5, 5.41) is 14.2. The average molecular weight is 390 g/mol. The number of nitrogens with one attached hydrogen (secondary N) is 2. The fourth-order valence-corrected chi connectivity index (χ4v) is 2.29. The molecule has 0 unspecified atom stereocenters. The van der Waals surface area contributed by atoms with Gasteiger partial charge in [-0.15, -0.1) is 0 Å². The van der Waals surface area contributed by atoms with Gasteiger partial charge in [-0.1, -0.05) is 0 Å². The molecule has 9 heteroatoms. The molecule has 2 aromatic rings. The Hall–Kier alpha value is -3.49. The Morgan fingerprint density at radius 2 is 1.89 bits per heavy atom. The summed E-state index contributed by atoms with van der Waals surface area (Å²) in [5.74, 6) is -1.11. The highest BCUT2D eigenvalue weighted by Crippen LogP contribution is 2.28. The Morgan fingerprint density at radius 3 is 2.50 bits per heavy atom. The second kappa shape index (κ2) is 9.45. The zero-order chi connectivity index (χ0) is 20.7. The van der Waals surface area contributed by atoms with Gasteiger partial charge in [0.2, 0.25) is 5.76 Å².